The van der Waals surface area contributed by atoms with Crippen LogP contribution in [0.25, 0.3) is 0 Å². The molecule has 0 aromatic carbocycles. The Hall–Kier alpha value is -2.31. The molecule has 0 saturated carbocycles. The van der Waals surface area contributed by atoms with Gasteiger partial charge in [-0.2, -0.15) is 0 Å². The first-order valence-electron chi connectivity index (χ1n) is 6.77. The van der Waals surface area contributed by atoms with Crippen molar-refractivity contribution in [3.8, 4) is 0 Å². The second kappa shape index (κ2) is 7.47. The molecule has 7 nitrogen and oxygen atoms in total. The topological polar surface area (TPSA) is 111 Å². The normalized spacial score (nSPS) is 23.4. The Morgan fingerprint density at radius 2 is 2.05 bits per heavy atom. The van der Waals surface area contributed by atoms with Crippen LogP contribution < -0.4 is 16.4 Å². The largest absolute Gasteiger partial charge is 0.453 e. The third-order valence-corrected chi connectivity index (χ3v) is 3.32. The van der Waals surface area contributed by atoms with Gasteiger partial charge in [0, 0.05) is 6.54 Å². The van der Waals surface area contributed by atoms with E-state index in [-0.39, 0.29) is 0 Å². The summed E-state index contributed by atoms with van der Waals surface area (Å²) in [5.74, 6) is -1.37. The standard InChI is InChI=1S/C14H21N3O4/c1-3-4-9-16-12(19)14(11(15)18)8-6-5-7-10(14)17-13(20)21-2/h5-8,10H,3-4,9H2,1-2H3,(H2,15,18)(H,16,19)(H,17,20). The summed E-state index contributed by atoms with van der Waals surface area (Å²) in [4.78, 5) is 35.7. The van der Waals surface area contributed by atoms with Crippen LogP contribution in [-0.2, 0) is 14.3 Å². The predicted octanol–water partition coefficient (Wildman–Crippen LogP) is 0.225. The van der Waals surface area contributed by atoms with Crippen LogP contribution in [0.3, 0.4) is 0 Å². The number of allylic oxidation sites excluding steroid dienone is 2. The molecule has 0 bridgehead atoms. The number of ether oxygens (including phenoxy) is 1. The maximum atomic E-state index is 12.4. The summed E-state index contributed by atoms with van der Waals surface area (Å²) in [6.45, 7) is 2.42. The maximum Gasteiger partial charge on any atom is 0.407 e. The van der Waals surface area contributed by atoms with Gasteiger partial charge in [0.2, 0.25) is 11.8 Å². The van der Waals surface area contributed by atoms with E-state index in [0.717, 1.165) is 12.8 Å². The van der Waals surface area contributed by atoms with E-state index in [9.17, 15) is 14.4 Å². The molecule has 1 aliphatic carbocycles. The van der Waals surface area contributed by atoms with E-state index in [0.29, 0.717) is 6.54 Å². The quantitative estimate of drug-likeness (QED) is 0.481. The van der Waals surface area contributed by atoms with E-state index < -0.39 is 29.4 Å². The third kappa shape index (κ3) is 3.62. The third-order valence-electron chi connectivity index (χ3n) is 3.32. The van der Waals surface area contributed by atoms with E-state index in [1.54, 1.807) is 12.2 Å². The number of nitrogens with two attached hydrogens (primary N) is 1. The lowest BCUT2D eigenvalue weighted by molar-refractivity contribution is -0.139. The molecule has 1 rings (SSSR count). The number of nitrogens with one attached hydrogen (secondary N) is 2. The molecule has 0 spiro atoms. The number of hydrogen-bond acceptors (Lipinski definition) is 4. The van der Waals surface area contributed by atoms with Crippen molar-refractivity contribution in [3.63, 3.8) is 0 Å². The number of rotatable bonds is 6. The zero-order chi connectivity index (χ0) is 15.9. The van der Waals surface area contributed by atoms with E-state index in [2.05, 4.69) is 15.4 Å². The monoisotopic (exact) mass is 295 g/mol. The molecule has 4 N–H and O–H groups in total. The first-order chi connectivity index (χ1) is 9.98. The number of hydrogen-bond donors (Lipinski definition) is 3. The average molecular weight is 295 g/mol. The Kier molecular flexibility index (Phi) is 5.95. The number of carbonyl (C=O) groups excluding carboxylic acids is 3. The first-order valence-corrected chi connectivity index (χ1v) is 6.77. The molecule has 1 aliphatic rings. The van der Waals surface area contributed by atoms with Crippen LogP contribution in [-0.4, -0.2) is 37.6 Å². The molecule has 21 heavy (non-hydrogen) atoms. The van der Waals surface area contributed by atoms with E-state index in [4.69, 9.17) is 5.73 Å². The average Bonchev–Trinajstić information content (AvgIpc) is 2.47. The molecule has 2 atom stereocenters. The minimum Gasteiger partial charge on any atom is -0.453 e. The Morgan fingerprint density at radius 3 is 2.62 bits per heavy atom. The Balaban J connectivity index is 3.01. The lowest BCUT2D eigenvalue weighted by atomic mass is 9.75. The number of primary amides is 1. The van der Waals surface area contributed by atoms with Crippen LogP contribution in [0.15, 0.2) is 24.3 Å². The summed E-state index contributed by atoms with van der Waals surface area (Å²) < 4.78 is 4.51. The van der Waals surface area contributed by atoms with Crippen LogP contribution in [0.4, 0.5) is 4.79 Å². The fraction of sp³-hybridized carbons (Fsp3) is 0.500. The zero-order valence-electron chi connectivity index (χ0n) is 12.2. The fourth-order valence-corrected chi connectivity index (χ4v) is 2.08. The molecule has 0 aromatic rings. The lowest BCUT2D eigenvalue weighted by Gasteiger charge is -2.34. The molecule has 0 aliphatic heterocycles. The number of amides is 3. The van der Waals surface area contributed by atoms with Crippen molar-refractivity contribution in [1.29, 1.82) is 0 Å². The first kappa shape index (κ1) is 16.7. The molecule has 0 aromatic heterocycles. The number of methoxy groups -OCH3 is 1. The predicted molar refractivity (Wildman–Crippen MR) is 77.2 cm³/mol. The van der Waals surface area contributed by atoms with Gasteiger partial charge in [0.05, 0.1) is 13.2 Å². The molecular formula is C14H21N3O4. The molecule has 0 fully saturated rings. The van der Waals surface area contributed by atoms with Crippen molar-refractivity contribution < 1.29 is 19.1 Å². The highest BCUT2D eigenvalue weighted by molar-refractivity contribution is 6.08. The van der Waals surface area contributed by atoms with Gasteiger partial charge in [-0.05, 0) is 6.42 Å². The SMILES string of the molecule is CCCCNC(=O)C1(C(N)=O)C=CC=CC1NC(=O)OC. The van der Waals surface area contributed by atoms with E-state index >= 15 is 0 Å². The van der Waals surface area contributed by atoms with Gasteiger partial charge >= 0.3 is 6.09 Å². The number of alkyl carbamates (subject to hydrolysis) is 1. The lowest BCUT2D eigenvalue weighted by Crippen LogP contribution is -2.60. The smallest absolute Gasteiger partial charge is 0.407 e. The Morgan fingerprint density at radius 1 is 1.33 bits per heavy atom. The highest BCUT2D eigenvalue weighted by Crippen LogP contribution is 2.28. The van der Waals surface area contributed by atoms with Gasteiger partial charge < -0.3 is 21.1 Å². The van der Waals surface area contributed by atoms with Crippen LogP contribution >= 0.6 is 0 Å². The Bertz CT molecular complexity index is 473. The van der Waals surface area contributed by atoms with Gasteiger partial charge in [-0.15, -0.1) is 0 Å². The van der Waals surface area contributed by atoms with Gasteiger partial charge in [-0.25, -0.2) is 4.79 Å². The minimum atomic E-state index is -1.66. The summed E-state index contributed by atoms with van der Waals surface area (Å²) in [6.07, 6.45) is 7.06. The van der Waals surface area contributed by atoms with Crippen molar-refractivity contribution in [2.24, 2.45) is 11.1 Å². The van der Waals surface area contributed by atoms with Crippen LogP contribution in [0.2, 0.25) is 0 Å². The molecule has 0 saturated heterocycles. The fourth-order valence-electron chi connectivity index (χ4n) is 2.08. The maximum absolute atomic E-state index is 12.4. The molecule has 0 radical (unpaired) electrons. The van der Waals surface area contributed by atoms with Crippen molar-refractivity contribution >= 4 is 17.9 Å². The van der Waals surface area contributed by atoms with Crippen LogP contribution in [0.5, 0.6) is 0 Å². The van der Waals surface area contributed by atoms with E-state index in [1.807, 2.05) is 6.92 Å². The van der Waals surface area contributed by atoms with Crippen molar-refractivity contribution in [3.05, 3.63) is 24.3 Å². The summed E-state index contributed by atoms with van der Waals surface area (Å²) in [6, 6.07) is -0.894. The molecule has 0 heterocycles. The molecular weight excluding hydrogens is 274 g/mol. The second-order valence-corrected chi connectivity index (χ2v) is 4.70. The van der Waals surface area contributed by atoms with Crippen LogP contribution in [0.1, 0.15) is 19.8 Å². The zero-order valence-corrected chi connectivity index (χ0v) is 12.2. The summed E-state index contributed by atoms with van der Waals surface area (Å²) in [7, 11) is 1.20. The summed E-state index contributed by atoms with van der Waals surface area (Å²) in [5.41, 5.74) is 3.78. The van der Waals surface area contributed by atoms with Crippen molar-refractivity contribution in [2.45, 2.75) is 25.8 Å². The molecule has 116 valence electrons. The van der Waals surface area contributed by atoms with E-state index in [1.165, 1.54) is 19.3 Å². The highest BCUT2D eigenvalue weighted by atomic mass is 16.5. The Labute approximate surface area is 123 Å². The van der Waals surface area contributed by atoms with Gasteiger partial charge in [0.1, 0.15) is 0 Å². The summed E-state index contributed by atoms with van der Waals surface area (Å²) in [5, 5.41) is 5.13. The van der Waals surface area contributed by atoms with Gasteiger partial charge in [0.25, 0.3) is 0 Å². The second-order valence-electron chi connectivity index (χ2n) is 4.70. The van der Waals surface area contributed by atoms with Gasteiger partial charge in [-0.1, -0.05) is 37.6 Å². The summed E-state index contributed by atoms with van der Waals surface area (Å²) >= 11 is 0. The molecule has 3 amide bonds. The highest BCUT2D eigenvalue weighted by Gasteiger charge is 2.49. The van der Waals surface area contributed by atoms with Gasteiger partial charge in [0.15, 0.2) is 5.41 Å². The van der Waals surface area contributed by atoms with Crippen LogP contribution in [0, 0.1) is 5.41 Å². The number of unbranched alkanes of at least 4 members (excludes halogenated alkanes) is 1. The minimum absolute atomic E-state index is 0.437. The van der Waals surface area contributed by atoms with Crippen molar-refractivity contribution in [2.75, 3.05) is 13.7 Å². The van der Waals surface area contributed by atoms with Gasteiger partial charge in [-0.3, -0.25) is 9.59 Å². The molecule has 2 unspecified atom stereocenters. The molecule has 7 heteroatoms. The van der Waals surface area contributed by atoms with Crippen molar-refractivity contribution in [1.82, 2.24) is 10.6 Å². The number of carbonyl (C=O) groups is 3.